The van der Waals surface area contributed by atoms with Crippen molar-refractivity contribution in [3.8, 4) is 11.5 Å². The molecule has 0 atom stereocenters. The van der Waals surface area contributed by atoms with Gasteiger partial charge in [0.2, 0.25) is 0 Å². The number of hydrazone groups is 1. The average molecular weight is 194 g/mol. The van der Waals surface area contributed by atoms with Crippen molar-refractivity contribution < 1.29 is 9.47 Å². The zero-order chi connectivity index (χ0) is 10.4. The van der Waals surface area contributed by atoms with Gasteiger partial charge in [0.1, 0.15) is 0 Å². The number of hydrogen-bond acceptors (Lipinski definition) is 4. The van der Waals surface area contributed by atoms with Crippen molar-refractivity contribution in [2.75, 3.05) is 21.3 Å². The van der Waals surface area contributed by atoms with E-state index in [0.717, 1.165) is 5.56 Å². The molecular formula is C10H14N2O2. The van der Waals surface area contributed by atoms with Crippen LogP contribution in [0.1, 0.15) is 5.56 Å². The number of nitrogens with one attached hydrogen (secondary N) is 1. The fraction of sp³-hybridized carbons (Fsp3) is 0.300. The molecule has 4 nitrogen and oxygen atoms in total. The zero-order valence-electron chi connectivity index (χ0n) is 8.57. The van der Waals surface area contributed by atoms with E-state index in [9.17, 15) is 0 Å². The van der Waals surface area contributed by atoms with Crippen LogP contribution in [0.15, 0.2) is 23.3 Å². The maximum atomic E-state index is 5.15. The summed E-state index contributed by atoms with van der Waals surface area (Å²) in [5.41, 5.74) is 3.64. The van der Waals surface area contributed by atoms with Gasteiger partial charge in [0, 0.05) is 7.05 Å². The summed E-state index contributed by atoms with van der Waals surface area (Å²) in [6.07, 6.45) is 1.71. The van der Waals surface area contributed by atoms with E-state index in [-0.39, 0.29) is 0 Å². The first-order valence-corrected chi connectivity index (χ1v) is 4.23. The number of nitrogens with zero attached hydrogens (tertiary/aromatic N) is 1. The van der Waals surface area contributed by atoms with Gasteiger partial charge in [-0.3, -0.25) is 0 Å². The van der Waals surface area contributed by atoms with Crippen LogP contribution in [0.4, 0.5) is 0 Å². The standard InChI is InChI=1S/C10H14N2O2/c1-11-12-7-8-4-5-9(13-2)10(6-8)14-3/h4-7,11H,1-3H3. The van der Waals surface area contributed by atoms with Crippen molar-refractivity contribution >= 4 is 6.21 Å². The average Bonchev–Trinajstić information content (AvgIpc) is 2.25. The van der Waals surface area contributed by atoms with Crippen LogP contribution in [-0.2, 0) is 0 Å². The Morgan fingerprint density at radius 1 is 1.21 bits per heavy atom. The maximum Gasteiger partial charge on any atom is 0.161 e. The first-order valence-electron chi connectivity index (χ1n) is 4.23. The topological polar surface area (TPSA) is 42.9 Å². The summed E-state index contributed by atoms with van der Waals surface area (Å²) in [7, 11) is 4.97. The van der Waals surface area contributed by atoms with Gasteiger partial charge in [0.25, 0.3) is 0 Å². The van der Waals surface area contributed by atoms with Gasteiger partial charge in [-0.1, -0.05) is 0 Å². The molecule has 1 N–H and O–H groups in total. The van der Waals surface area contributed by atoms with Crippen molar-refractivity contribution in [2.45, 2.75) is 0 Å². The first-order chi connectivity index (χ1) is 6.81. The van der Waals surface area contributed by atoms with E-state index in [4.69, 9.17) is 9.47 Å². The summed E-state index contributed by atoms with van der Waals surface area (Å²) in [6.45, 7) is 0. The highest BCUT2D eigenvalue weighted by atomic mass is 16.5. The number of hydrogen-bond donors (Lipinski definition) is 1. The molecule has 0 aliphatic carbocycles. The van der Waals surface area contributed by atoms with E-state index in [1.54, 1.807) is 27.5 Å². The molecule has 0 fully saturated rings. The van der Waals surface area contributed by atoms with Crippen LogP contribution in [0, 0.1) is 0 Å². The van der Waals surface area contributed by atoms with Crippen LogP contribution in [0.25, 0.3) is 0 Å². The predicted molar refractivity (Wildman–Crippen MR) is 56.2 cm³/mol. The maximum absolute atomic E-state index is 5.15. The van der Waals surface area contributed by atoms with Crippen molar-refractivity contribution in [1.29, 1.82) is 0 Å². The molecule has 0 saturated carbocycles. The molecule has 0 spiro atoms. The van der Waals surface area contributed by atoms with Crippen LogP contribution in [0.5, 0.6) is 11.5 Å². The Kier molecular flexibility index (Phi) is 3.79. The number of methoxy groups -OCH3 is 2. The molecule has 14 heavy (non-hydrogen) atoms. The third-order valence-corrected chi connectivity index (χ3v) is 1.75. The molecule has 0 aromatic heterocycles. The molecule has 0 bridgehead atoms. The minimum Gasteiger partial charge on any atom is -0.493 e. The summed E-state index contributed by atoms with van der Waals surface area (Å²) in [6, 6.07) is 5.61. The smallest absolute Gasteiger partial charge is 0.161 e. The van der Waals surface area contributed by atoms with E-state index < -0.39 is 0 Å². The van der Waals surface area contributed by atoms with Gasteiger partial charge in [0.15, 0.2) is 11.5 Å². The molecule has 0 radical (unpaired) electrons. The third kappa shape index (κ3) is 2.39. The second-order valence-corrected chi connectivity index (χ2v) is 2.60. The quantitative estimate of drug-likeness (QED) is 0.579. The lowest BCUT2D eigenvalue weighted by Gasteiger charge is -2.07. The van der Waals surface area contributed by atoms with Crippen LogP contribution in [-0.4, -0.2) is 27.5 Å². The van der Waals surface area contributed by atoms with Crippen LogP contribution in [0.2, 0.25) is 0 Å². The van der Waals surface area contributed by atoms with E-state index in [2.05, 4.69) is 10.5 Å². The second-order valence-electron chi connectivity index (χ2n) is 2.60. The summed E-state index contributed by atoms with van der Waals surface area (Å²) < 4.78 is 10.3. The van der Waals surface area contributed by atoms with E-state index in [0.29, 0.717) is 11.5 Å². The van der Waals surface area contributed by atoms with Crippen molar-refractivity contribution in [3.63, 3.8) is 0 Å². The molecule has 0 aliphatic rings. The van der Waals surface area contributed by atoms with E-state index >= 15 is 0 Å². The summed E-state index contributed by atoms with van der Waals surface area (Å²) >= 11 is 0. The van der Waals surface area contributed by atoms with Crippen molar-refractivity contribution in [3.05, 3.63) is 23.8 Å². The summed E-state index contributed by atoms with van der Waals surface area (Å²) in [5.74, 6) is 1.42. The van der Waals surface area contributed by atoms with Gasteiger partial charge >= 0.3 is 0 Å². The van der Waals surface area contributed by atoms with Gasteiger partial charge in [-0.25, -0.2) is 0 Å². The SMILES string of the molecule is CNN=Cc1ccc(OC)c(OC)c1. The van der Waals surface area contributed by atoms with Crippen LogP contribution >= 0.6 is 0 Å². The highest BCUT2D eigenvalue weighted by Gasteiger charge is 2.02. The third-order valence-electron chi connectivity index (χ3n) is 1.75. The van der Waals surface area contributed by atoms with Gasteiger partial charge in [0.05, 0.1) is 20.4 Å². The molecule has 1 aromatic rings. The first kappa shape index (κ1) is 10.4. The lowest BCUT2D eigenvalue weighted by molar-refractivity contribution is 0.355. The van der Waals surface area contributed by atoms with Gasteiger partial charge in [-0.15, -0.1) is 0 Å². The van der Waals surface area contributed by atoms with E-state index in [1.165, 1.54) is 0 Å². The minimum atomic E-state index is 0.701. The molecule has 4 heteroatoms. The van der Waals surface area contributed by atoms with Gasteiger partial charge in [-0.2, -0.15) is 5.10 Å². The molecule has 1 aromatic carbocycles. The molecule has 0 aliphatic heterocycles. The fourth-order valence-electron chi connectivity index (χ4n) is 1.07. The Morgan fingerprint density at radius 3 is 2.50 bits per heavy atom. The Bertz CT molecular complexity index is 324. The number of ether oxygens (including phenoxy) is 2. The zero-order valence-corrected chi connectivity index (χ0v) is 8.57. The normalized spacial score (nSPS) is 10.2. The highest BCUT2D eigenvalue weighted by Crippen LogP contribution is 2.26. The number of rotatable bonds is 4. The fourth-order valence-corrected chi connectivity index (χ4v) is 1.07. The molecule has 0 heterocycles. The Morgan fingerprint density at radius 2 is 1.93 bits per heavy atom. The van der Waals surface area contributed by atoms with E-state index in [1.807, 2.05) is 18.2 Å². The predicted octanol–water partition coefficient (Wildman–Crippen LogP) is 1.26. The van der Waals surface area contributed by atoms with Gasteiger partial charge in [-0.05, 0) is 23.8 Å². The highest BCUT2D eigenvalue weighted by molar-refractivity contribution is 5.80. The minimum absolute atomic E-state index is 0.701. The Hall–Kier alpha value is -1.71. The second kappa shape index (κ2) is 5.11. The summed E-state index contributed by atoms with van der Waals surface area (Å²) in [4.78, 5) is 0. The Balaban J connectivity index is 2.95. The lowest BCUT2D eigenvalue weighted by Crippen LogP contribution is -1.96. The molecule has 0 unspecified atom stereocenters. The molecule has 1 rings (SSSR count). The molecule has 76 valence electrons. The molecule has 0 saturated heterocycles. The monoisotopic (exact) mass is 194 g/mol. The lowest BCUT2D eigenvalue weighted by atomic mass is 10.2. The van der Waals surface area contributed by atoms with Crippen LogP contribution in [0.3, 0.4) is 0 Å². The number of benzene rings is 1. The van der Waals surface area contributed by atoms with Gasteiger partial charge < -0.3 is 14.9 Å². The van der Waals surface area contributed by atoms with Crippen molar-refractivity contribution in [2.24, 2.45) is 5.10 Å². The van der Waals surface area contributed by atoms with Crippen molar-refractivity contribution in [1.82, 2.24) is 5.43 Å². The largest absolute Gasteiger partial charge is 0.493 e. The molecule has 0 amide bonds. The van der Waals surface area contributed by atoms with Crippen LogP contribution < -0.4 is 14.9 Å². The molecular weight excluding hydrogens is 180 g/mol. The summed E-state index contributed by atoms with van der Waals surface area (Å²) in [5, 5.41) is 3.90. The Labute approximate surface area is 83.5 Å².